The Morgan fingerprint density at radius 1 is 1.08 bits per heavy atom. The average molecular weight is 939 g/mol. The van der Waals surface area contributed by atoms with Gasteiger partial charge in [-0.3, -0.25) is 19.8 Å². The minimum Gasteiger partial charge on any atom is -0.484 e. The number of amides is 1. The molecule has 5 heterocycles. The number of aromatic amines is 1. The molecule has 3 aromatic carbocycles. The number of nitro benzene ring substituents is 1. The number of benzene rings is 3. The maximum absolute atomic E-state index is 14.2. The van der Waals surface area contributed by atoms with Crippen LogP contribution in [0.15, 0.2) is 95.7 Å². The molecule has 3 N–H and O–H groups in total. The number of pyridine rings is 1. The van der Waals surface area contributed by atoms with Crippen LogP contribution >= 0.6 is 11.6 Å². The molecule has 16 nitrogen and oxygen atoms in total. The number of halogens is 1. The van der Waals surface area contributed by atoms with E-state index >= 15 is 0 Å². The number of allylic oxidation sites excluding steroid dienone is 1. The largest absolute Gasteiger partial charge is 0.484 e. The van der Waals surface area contributed by atoms with E-state index < -0.39 is 31.4 Å². The number of carbonyl (C=O) groups is 1. The number of aromatic nitrogens is 4. The van der Waals surface area contributed by atoms with Gasteiger partial charge in [0, 0.05) is 77.9 Å². The van der Waals surface area contributed by atoms with Crippen molar-refractivity contribution >= 4 is 76.8 Å². The molecule has 0 spiro atoms. The predicted molar refractivity (Wildman–Crippen MR) is 255 cm³/mol. The molecular weight excluding hydrogens is 886 g/mol. The summed E-state index contributed by atoms with van der Waals surface area (Å²) >= 11 is 6.26. The fourth-order valence-electron chi connectivity index (χ4n) is 9.06. The van der Waals surface area contributed by atoms with Crippen molar-refractivity contribution in [2.24, 2.45) is 5.41 Å². The SMILES string of the molecule is CC1(C)CCC(CN2CCN(c3ccc(C(=O)NS(=O)(=O)c4ccc(OC[C@H]5OCCNCC5[SiH3])c([N+](=O)[O-])c4)c(-n4ncc5nc6[nH]ccc6cc54)c3)CC2)=C(c2ccc(Cl)cc2)C1. The predicted octanol–water partition coefficient (Wildman–Crippen LogP) is 5.89. The van der Waals surface area contributed by atoms with Crippen molar-refractivity contribution < 1.29 is 27.6 Å². The summed E-state index contributed by atoms with van der Waals surface area (Å²) in [5, 5.41) is 21.7. The van der Waals surface area contributed by atoms with E-state index in [1.54, 1.807) is 23.1 Å². The summed E-state index contributed by atoms with van der Waals surface area (Å²) in [6, 6.07) is 20.6. The molecule has 3 aliphatic rings. The summed E-state index contributed by atoms with van der Waals surface area (Å²) in [5.74, 6) is -1.03. The van der Waals surface area contributed by atoms with Crippen LogP contribution in [-0.4, -0.2) is 119 Å². The topological polar surface area (TPSA) is 190 Å². The monoisotopic (exact) mass is 937 g/mol. The number of anilines is 1. The van der Waals surface area contributed by atoms with Crippen LogP contribution in [0.4, 0.5) is 11.4 Å². The fraction of sp³-hybridized carbons (Fsp3) is 0.370. The van der Waals surface area contributed by atoms with Crippen molar-refractivity contribution in [1.82, 2.24) is 34.7 Å². The number of nitro groups is 1. The number of nitrogens with one attached hydrogen (secondary N) is 3. The Morgan fingerprint density at radius 2 is 1.88 bits per heavy atom. The number of nitrogens with zero attached hydrogens (tertiary/aromatic N) is 6. The van der Waals surface area contributed by atoms with E-state index in [0.717, 1.165) is 90.9 Å². The van der Waals surface area contributed by atoms with Crippen molar-refractivity contribution in [2.45, 2.75) is 49.7 Å². The third-order valence-electron chi connectivity index (χ3n) is 12.8. The van der Waals surface area contributed by atoms with Gasteiger partial charge in [0.15, 0.2) is 5.75 Å². The summed E-state index contributed by atoms with van der Waals surface area (Å²) in [7, 11) is -3.79. The zero-order chi connectivity index (χ0) is 45.5. The second-order valence-electron chi connectivity index (χ2n) is 18.0. The number of fused-ring (bicyclic) bond motifs is 2. The quantitative estimate of drug-likeness (QED) is 0.0751. The lowest BCUT2D eigenvalue weighted by Crippen LogP contribution is -2.47. The number of piperazine rings is 1. The van der Waals surface area contributed by atoms with Crippen LogP contribution in [0.1, 0.15) is 49.0 Å². The van der Waals surface area contributed by atoms with Crippen LogP contribution < -0.4 is 19.7 Å². The third-order valence-corrected chi connectivity index (χ3v) is 15.6. The summed E-state index contributed by atoms with van der Waals surface area (Å²) in [5.41, 5.74) is 7.08. The maximum atomic E-state index is 14.2. The molecular formula is C46H52ClN9O7SSi. The Hall–Kier alpha value is -5.63. The molecule has 1 amide bonds. The van der Waals surface area contributed by atoms with Gasteiger partial charge in [-0.05, 0) is 102 Å². The highest BCUT2D eigenvalue weighted by Crippen LogP contribution is 2.43. The molecule has 0 radical (unpaired) electrons. The third kappa shape index (κ3) is 9.69. The molecule has 0 saturated carbocycles. The minimum atomic E-state index is -4.62. The summed E-state index contributed by atoms with van der Waals surface area (Å²) in [6.07, 6.45) is 6.32. The minimum absolute atomic E-state index is 0.0297. The molecule has 6 aromatic rings. The van der Waals surface area contributed by atoms with E-state index in [2.05, 4.69) is 55.9 Å². The molecule has 65 heavy (non-hydrogen) atoms. The van der Waals surface area contributed by atoms with Crippen LogP contribution in [0.5, 0.6) is 5.75 Å². The van der Waals surface area contributed by atoms with Gasteiger partial charge in [-0.1, -0.05) is 43.2 Å². The number of hydrogen-bond acceptors (Lipinski definition) is 12. The Balaban J connectivity index is 0.972. The van der Waals surface area contributed by atoms with E-state index in [-0.39, 0.29) is 35.0 Å². The standard InChI is InChI=1S/C46H52ClN9O7SSi/c1-46(2)13-11-31(36(24-46)29-3-5-32(47)6-4-29)27-53-16-18-54(19-17-53)33-7-9-35(38(22-33)55-39-21-30-12-14-49-44(30)51-37(39)25-50-55)45(57)52-64(60,61)34-8-10-41(40(23-34)56(58)59)63-28-42-43(65)26-48-15-20-62-42/h3-10,12,14,21-23,25,42-43,48H,11,13,15-20,24,26-28H2,1-2,65H3,(H,49,51)(H,52,57)/t42-,43?/m1/s1. The van der Waals surface area contributed by atoms with Gasteiger partial charge in [-0.2, -0.15) is 5.10 Å². The number of carbonyl (C=O) groups excluding carboxylic acids is 1. The molecule has 19 heteroatoms. The van der Waals surface area contributed by atoms with E-state index in [4.69, 9.17) is 26.1 Å². The molecule has 340 valence electrons. The first-order chi connectivity index (χ1) is 31.2. The Bertz CT molecular complexity index is 2910. The van der Waals surface area contributed by atoms with Crippen molar-refractivity contribution in [3.63, 3.8) is 0 Å². The first-order valence-electron chi connectivity index (χ1n) is 21.9. The number of ether oxygens (including phenoxy) is 2. The van der Waals surface area contributed by atoms with Crippen LogP contribution in [0.2, 0.25) is 10.6 Å². The van der Waals surface area contributed by atoms with Gasteiger partial charge >= 0.3 is 5.69 Å². The van der Waals surface area contributed by atoms with Crippen LogP contribution in [0.3, 0.4) is 0 Å². The van der Waals surface area contributed by atoms with Crippen molar-refractivity contribution in [2.75, 3.05) is 63.9 Å². The smallest absolute Gasteiger partial charge is 0.312 e. The summed E-state index contributed by atoms with van der Waals surface area (Å²) in [4.78, 5) is 37.8. The summed E-state index contributed by atoms with van der Waals surface area (Å²) in [6.45, 7) is 10.7. The number of rotatable bonds is 12. The Labute approximate surface area is 384 Å². The number of sulfonamides is 1. The van der Waals surface area contributed by atoms with Gasteiger partial charge in [0.25, 0.3) is 15.9 Å². The highest BCUT2D eigenvalue weighted by Gasteiger charge is 2.31. The van der Waals surface area contributed by atoms with Crippen molar-refractivity contribution in [3.8, 4) is 11.4 Å². The normalized spacial score (nSPS) is 19.7. The number of hydrogen-bond donors (Lipinski definition) is 3. The van der Waals surface area contributed by atoms with Gasteiger partial charge in [-0.25, -0.2) is 22.8 Å². The van der Waals surface area contributed by atoms with Gasteiger partial charge in [0.05, 0.1) is 45.5 Å². The highest BCUT2D eigenvalue weighted by atomic mass is 35.5. The lowest BCUT2D eigenvalue weighted by Gasteiger charge is -2.39. The molecule has 9 rings (SSSR count). The van der Waals surface area contributed by atoms with Gasteiger partial charge in [0.2, 0.25) is 0 Å². The Morgan fingerprint density at radius 3 is 2.66 bits per heavy atom. The molecule has 1 unspecified atom stereocenters. The zero-order valence-corrected chi connectivity index (χ0v) is 40.1. The van der Waals surface area contributed by atoms with Crippen LogP contribution in [0, 0.1) is 15.5 Å². The molecule has 1 aliphatic carbocycles. The Kier molecular flexibility index (Phi) is 12.6. The van der Waals surface area contributed by atoms with E-state index in [0.29, 0.717) is 35.5 Å². The number of H-pyrrole nitrogens is 1. The second kappa shape index (κ2) is 18.3. The van der Waals surface area contributed by atoms with E-state index in [9.17, 15) is 23.3 Å². The van der Waals surface area contributed by atoms with Crippen LogP contribution in [-0.2, 0) is 14.8 Å². The molecule has 2 aliphatic heterocycles. The maximum Gasteiger partial charge on any atom is 0.312 e. The van der Waals surface area contributed by atoms with E-state index in [1.807, 2.05) is 36.4 Å². The van der Waals surface area contributed by atoms with E-state index in [1.165, 1.54) is 28.8 Å². The second-order valence-corrected chi connectivity index (χ2v) is 21.6. The first kappa shape index (κ1) is 44.6. The molecule has 2 atom stereocenters. The molecule has 2 saturated heterocycles. The van der Waals surface area contributed by atoms with Gasteiger partial charge in [0.1, 0.15) is 17.8 Å². The fourth-order valence-corrected chi connectivity index (χ4v) is 10.8. The van der Waals surface area contributed by atoms with Crippen molar-refractivity contribution in [3.05, 3.63) is 117 Å². The molecule has 0 bridgehead atoms. The molecule has 3 aromatic heterocycles. The average Bonchev–Trinajstić information content (AvgIpc) is 3.87. The van der Waals surface area contributed by atoms with Crippen molar-refractivity contribution in [1.29, 1.82) is 0 Å². The lowest BCUT2D eigenvalue weighted by molar-refractivity contribution is -0.386. The summed E-state index contributed by atoms with van der Waals surface area (Å²) < 4.78 is 43.2. The van der Waals surface area contributed by atoms with Gasteiger partial charge in [-0.15, -0.1) is 0 Å². The van der Waals surface area contributed by atoms with Gasteiger partial charge < -0.3 is 24.7 Å². The highest BCUT2D eigenvalue weighted by molar-refractivity contribution is 7.90. The first-order valence-corrected chi connectivity index (χ1v) is 24.9. The lowest BCUT2D eigenvalue weighted by atomic mass is 9.72. The van der Waals surface area contributed by atoms with Crippen LogP contribution in [0.25, 0.3) is 33.3 Å². The molecule has 2 fully saturated rings. The zero-order valence-electron chi connectivity index (χ0n) is 36.6.